The molecule has 1 N–H and O–H groups in total. The standard InChI is InChI=1S/C7H15N.C2H6/c1-6(2)7-4-3-5-8-7;1-2/h6-8H,3-5H2,1-2H3;1-2H3/t7-;/m0./s1. The van der Waals surface area contributed by atoms with Gasteiger partial charge in [-0.15, -0.1) is 0 Å². The Hall–Kier alpha value is -0.0400. The van der Waals surface area contributed by atoms with E-state index < -0.39 is 0 Å². The molecule has 1 heterocycles. The molecular weight excluding hydrogens is 122 g/mol. The van der Waals surface area contributed by atoms with Crippen LogP contribution in [0.25, 0.3) is 0 Å². The maximum absolute atomic E-state index is 3.46. The van der Waals surface area contributed by atoms with E-state index in [1.165, 1.54) is 19.4 Å². The van der Waals surface area contributed by atoms with Crippen LogP contribution in [0.4, 0.5) is 0 Å². The molecule has 0 amide bonds. The van der Waals surface area contributed by atoms with Crippen LogP contribution in [0.5, 0.6) is 0 Å². The van der Waals surface area contributed by atoms with Gasteiger partial charge >= 0.3 is 0 Å². The van der Waals surface area contributed by atoms with Crippen LogP contribution in [0.2, 0.25) is 0 Å². The average Bonchev–Trinajstić information content (AvgIpc) is 2.42. The van der Waals surface area contributed by atoms with Crippen LogP contribution in [0.3, 0.4) is 0 Å². The van der Waals surface area contributed by atoms with E-state index in [-0.39, 0.29) is 0 Å². The Bertz CT molecular complexity index is 63.1. The molecule has 0 unspecified atom stereocenters. The molecule has 1 fully saturated rings. The molecule has 1 aliphatic heterocycles. The van der Waals surface area contributed by atoms with Crippen LogP contribution >= 0.6 is 0 Å². The zero-order valence-corrected chi connectivity index (χ0v) is 7.78. The van der Waals surface area contributed by atoms with Gasteiger partial charge in [0.25, 0.3) is 0 Å². The van der Waals surface area contributed by atoms with Gasteiger partial charge in [-0.05, 0) is 25.3 Å². The predicted molar refractivity (Wildman–Crippen MR) is 47.2 cm³/mol. The molecule has 0 bridgehead atoms. The third kappa shape index (κ3) is 3.21. The predicted octanol–water partition coefficient (Wildman–Crippen LogP) is 2.42. The highest BCUT2D eigenvalue weighted by atomic mass is 14.9. The maximum atomic E-state index is 3.46. The van der Waals surface area contributed by atoms with Crippen molar-refractivity contribution in [3.05, 3.63) is 0 Å². The van der Waals surface area contributed by atoms with Gasteiger partial charge in [0.2, 0.25) is 0 Å². The summed E-state index contributed by atoms with van der Waals surface area (Å²) < 4.78 is 0. The highest BCUT2D eigenvalue weighted by molar-refractivity contribution is 4.76. The van der Waals surface area contributed by atoms with Crippen molar-refractivity contribution in [3.63, 3.8) is 0 Å². The normalized spacial score (nSPS) is 24.3. The van der Waals surface area contributed by atoms with Gasteiger partial charge < -0.3 is 5.32 Å². The van der Waals surface area contributed by atoms with Gasteiger partial charge in [0.15, 0.2) is 0 Å². The highest BCUT2D eigenvalue weighted by Crippen LogP contribution is 2.12. The van der Waals surface area contributed by atoms with Crippen molar-refractivity contribution in [2.24, 2.45) is 5.92 Å². The Morgan fingerprint density at radius 2 is 1.90 bits per heavy atom. The molecule has 0 aromatic rings. The second kappa shape index (κ2) is 5.72. The summed E-state index contributed by atoms with van der Waals surface area (Å²) in [6.45, 7) is 9.80. The lowest BCUT2D eigenvalue weighted by Gasteiger charge is -2.12. The zero-order valence-electron chi connectivity index (χ0n) is 7.78. The van der Waals surface area contributed by atoms with E-state index in [0.29, 0.717) is 0 Å². The molecule has 0 aliphatic carbocycles. The summed E-state index contributed by atoms with van der Waals surface area (Å²) in [6.07, 6.45) is 2.76. The maximum Gasteiger partial charge on any atom is 0.00905 e. The molecule has 1 nitrogen and oxygen atoms in total. The molecular formula is C9H21N. The summed E-state index contributed by atoms with van der Waals surface area (Å²) in [7, 11) is 0. The first-order chi connectivity index (χ1) is 4.80. The lowest BCUT2D eigenvalue weighted by atomic mass is 10.0. The molecule has 1 atom stereocenters. The summed E-state index contributed by atoms with van der Waals surface area (Å²) in [6, 6.07) is 0.815. The Morgan fingerprint density at radius 3 is 2.10 bits per heavy atom. The number of nitrogens with one attached hydrogen (secondary N) is 1. The fourth-order valence-corrected chi connectivity index (χ4v) is 1.28. The van der Waals surface area contributed by atoms with Crippen molar-refractivity contribution in [2.45, 2.75) is 46.6 Å². The van der Waals surface area contributed by atoms with E-state index in [1.807, 2.05) is 13.8 Å². The molecule has 0 aromatic heterocycles. The van der Waals surface area contributed by atoms with Crippen LogP contribution in [0, 0.1) is 5.92 Å². The Balaban J connectivity index is 0.000000371. The zero-order chi connectivity index (χ0) is 7.98. The van der Waals surface area contributed by atoms with Crippen molar-refractivity contribution < 1.29 is 0 Å². The van der Waals surface area contributed by atoms with Crippen LogP contribution in [-0.2, 0) is 0 Å². The number of rotatable bonds is 1. The van der Waals surface area contributed by atoms with Gasteiger partial charge in [-0.25, -0.2) is 0 Å². The quantitative estimate of drug-likeness (QED) is 0.594. The molecule has 0 saturated carbocycles. The van der Waals surface area contributed by atoms with E-state index in [2.05, 4.69) is 19.2 Å². The molecule has 0 aromatic carbocycles. The Kier molecular flexibility index (Phi) is 5.70. The van der Waals surface area contributed by atoms with Crippen LogP contribution in [0.15, 0.2) is 0 Å². The molecule has 1 rings (SSSR count). The first-order valence-corrected chi connectivity index (χ1v) is 4.54. The second-order valence-corrected chi connectivity index (χ2v) is 2.95. The lowest BCUT2D eigenvalue weighted by Crippen LogP contribution is -2.26. The monoisotopic (exact) mass is 143 g/mol. The van der Waals surface area contributed by atoms with Gasteiger partial charge in [0.1, 0.15) is 0 Å². The average molecular weight is 143 g/mol. The summed E-state index contributed by atoms with van der Waals surface area (Å²) in [5.74, 6) is 0.831. The molecule has 1 heteroatoms. The van der Waals surface area contributed by atoms with E-state index >= 15 is 0 Å². The minimum Gasteiger partial charge on any atom is -0.314 e. The summed E-state index contributed by atoms with van der Waals surface area (Å²) in [5.41, 5.74) is 0. The summed E-state index contributed by atoms with van der Waals surface area (Å²) in [5, 5.41) is 3.46. The lowest BCUT2D eigenvalue weighted by molar-refractivity contribution is 0.452. The highest BCUT2D eigenvalue weighted by Gasteiger charge is 2.16. The molecule has 10 heavy (non-hydrogen) atoms. The smallest absolute Gasteiger partial charge is 0.00905 e. The molecule has 1 saturated heterocycles. The molecule has 1 aliphatic rings. The van der Waals surface area contributed by atoms with Crippen molar-refractivity contribution in [2.75, 3.05) is 6.54 Å². The number of hydrogen-bond acceptors (Lipinski definition) is 1. The number of hydrogen-bond donors (Lipinski definition) is 1. The fourth-order valence-electron chi connectivity index (χ4n) is 1.28. The van der Waals surface area contributed by atoms with E-state index in [0.717, 1.165) is 12.0 Å². The van der Waals surface area contributed by atoms with Gasteiger partial charge in [-0.1, -0.05) is 27.7 Å². The Labute approximate surface area is 65.2 Å². The molecule has 0 spiro atoms. The van der Waals surface area contributed by atoms with Gasteiger partial charge in [0, 0.05) is 6.04 Å². The van der Waals surface area contributed by atoms with Crippen LogP contribution < -0.4 is 5.32 Å². The first kappa shape index (κ1) is 9.96. The van der Waals surface area contributed by atoms with Crippen molar-refractivity contribution in [1.82, 2.24) is 5.32 Å². The van der Waals surface area contributed by atoms with E-state index in [9.17, 15) is 0 Å². The minimum atomic E-state index is 0.815. The minimum absolute atomic E-state index is 0.815. The third-order valence-corrected chi connectivity index (χ3v) is 1.90. The van der Waals surface area contributed by atoms with E-state index in [1.54, 1.807) is 0 Å². The SMILES string of the molecule is CC.CC(C)[C@@H]1CCCN1. The third-order valence-electron chi connectivity index (χ3n) is 1.90. The topological polar surface area (TPSA) is 12.0 Å². The van der Waals surface area contributed by atoms with Crippen LogP contribution in [-0.4, -0.2) is 12.6 Å². The summed E-state index contributed by atoms with van der Waals surface area (Å²) in [4.78, 5) is 0. The first-order valence-electron chi connectivity index (χ1n) is 4.54. The Morgan fingerprint density at radius 1 is 1.30 bits per heavy atom. The van der Waals surface area contributed by atoms with Gasteiger partial charge in [-0.2, -0.15) is 0 Å². The fraction of sp³-hybridized carbons (Fsp3) is 1.00. The van der Waals surface area contributed by atoms with Crippen molar-refractivity contribution in [1.29, 1.82) is 0 Å². The van der Waals surface area contributed by atoms with Crippen LogP contribution in [0.1, 0.15) is 40.5 Å². The van der Waals surface area contributed by atoms with Gasteiger partial charge in [0.05, 0.1) is 0 Å². The largest absolute Gasteiger partial charge is 0.314 e. The molecule has 62 valence electrons. The van der Waals surface area contributed by atoms with Crippen molar-refractivity contribution in [3.8, 4) is 0 Å². The summed E-state index contributed by atoms with van der Waals surface area (Å²) >= 11 is 0. The van der Waals surface area contributed by atoms with Crippen molar-refractivity contribution >= 4 is 0 Å². The molecule has 0 radical (unpaired) electrons. The van der Waals surface area contributed by atoms with Gasteiger partial charge in [-0.3, -0.25) is 0 Å². The van der Waals surface area contributed by atoms with E-state index in [4.69, 9.17) is 0 Å². The second-order valence-electron chi connectivity index (χ2n) is 2.95.